The molecular weight excluding hydrogens is 328 g/mol. The molecule has 0 aliphatic carbocycles. The molecule has 0 saturated carbocycles. The number of hydrogen-bond acceptors (Lipinski definition) is 3. The number of nitrogens with zero attached hydrogens (tertiary/aromatic N) is 1. The molecular formula is C21H26N2O3. The number of hydrogen-bond donors (Lipinski definition) is 1. The van der Waals surface area contributed by atoms with Crippen LogP contribution in [0.4, 0.5) is 0 Å². The Hall–Kier alpha value is -2.82. The molecule has 2 amide bonds. The monoisotopic (exact) mass is 354 g/mol. The van der Waals surface area contributed by atoms with Gasteiger partial charge in [0.2, 0.25) is 5.91 Å². The van der Waals surface area contributed by atoms with Crippen molar-refractivity contribution in [3.8, 4) is 5.75 Å². The summed E-state index contributed by atoms with van der Waals surface area (Å²) in [5, 5.41) is 2.60. The lowest BCUT2D eigenvalue weighted by molar-refractivity contribution is -0.141. The first kappa shape index (κ1) is 19.5. The van der Waals surface area contributed by atoms with Crippen molar-refractivity contribution in [2.45, 2.75) is 26.3 Å². The highest BCUT2D eigenvalue weighted by Gasteiger charge is 2.25. The number of carbonyl (C=O) groups excluding carboxylic acids is 2. The first-order valence-corrected chi connectivity index (χ1v) is 8.75. The first-order chi connectivity index (χ1) is 12.5. The van der Waals surface area contributed by atoms with Crippen LogP contribution in [-0.2, 0) is 16.0 Å². The van der Waals surface area contributed by atoms with E-state index >= 15 is 0 Å². The van der Waals surface area contributed by atoms with E-state index in [9.17, 15) is 9.59 Å². The summed E-state index contributed by atoms with van der Waals surface area (Å²) in [5.74, 6) is 0.235. The molecule has 0 radical (unpaired) electrons. The van der Waals surface area contributed by atoms with Crippen LogP contribution >= 0.6 is 0 Å². The first-order valence-electron chi connectivity index (χ1n) is 8.75. The zero-order valence-corrected chi connectivity index (χ0v) is 15.6. The molecule has 5 nitrogen and oxygen atoms in total. The summed E-state index contributed by atoms with van der Waals surface area (Å²) in [5.41, 5.74) is 2.25. The molecule has 0 fully saturated rings. The van der Waals surface area contributed by atoms with E-state index in [2.05, 4.69) is 5.32 Å². The van der Waals surface area contributed by atoms with Crippen LogP contribution in [0, 0.1) is 6.92 Å². The SMILES string of the molecule is CNC(=O)[C@@H](C)N(CCc1ccccc1)C(=O)COc1ccc(C)cc1. The molecule has 2 aromatic rings. The summed E-state index contributed by atoms with van der Waals surface area (Å²) >= 11 is 0. The third kappa shape index (κ3) is 5.62. The Bertz CT molecular complexity index is 714. The van der Waals surface area contributed by atoms with E-state index in [0.29, 0.717) is 18.7 Å². The quantitative estimate of drug-likeness (QED) is 0.793. The van der Waals surface area contributed by atoms with Gasteiger partial charge >= 0.3 is 0 Å². The van der Waals surface area contributed by atoms with Crippen molar-refractivity contribution in [1.82, 2.24) is 10.2 Å². The van der Waals surface area contributed by atoms with Gasteiger partial charge < -0.3 is 15.0 Å². The number of rotatable bonds is 8. The molecule has 2 rings (SSSR count). The van der Waals surface area contributed by atoms with Gasteiger partial charge in [-0.1, -0.05) is 48.0 Å². The standard InChI is InChI=1S/C21H26N2O3/c1-16-9-11-19(12-10-16)26-15-20(24)23(17(2)21(25)22-3)14-13-18-7-5-4-6-8-18/h4-12,17H,13-15H2,1-3H3,(H,22,25)/t17-/m1/s1. The van der Waals surface area contributed by atoms with Gasteiger partial charge in [-0.3, -0.25) is 9.59 Å². The molecule has 138 valence electrons. The molecule has 0 heterocycles. The number of amides is 2. The fourth-order valence-corrected chi connectivity index (χ4v) is 2.64. The van der Waals surface area contributed by atoms with Gasteiger partial charge in [-0.25, -0.2) is 0 Å². The Labute approximate surface area is 155 Å². The Kier molecular flexibility index (Phi) is 7.21. The van der Waals surface area contributed by atoms with E-state index in [0.717, 1.165) is 11.1 Å². The van der Waals surface area contributed by atoms with Crippen LogP contribution in [0.15, 0.2) is 54.6 Å². The number of aryl methyl sites for hydroxylation is 1. The highest BCUT2D eigenvalue weighted by Crippen LogP contribution is 2.12. The van der Waals surface area contributed by atoms with Crippen molar-refractivity contribution < 1.29 is 14.3 Å². The Morgan fingerprint density at radius 3 is 2.35 bits per heavy atom. The van der Waals surface area contributed by atoms with Crippen LogP contribution in [0.25, 0.3) is 0 Å². The zero-order valence-electron chi connectivity index (χ0n) is 15.6. The largest absolute Gasteiger partial charge is 0.484 e. The van der Waals surface area contributed by atoms with E-state index in [4.69, 9.17) is 4.74 Å². The molecule has 0 spiro atoms. The third-order valence-corrected chi connectivity index (χ3v) is 4.28. The van der Waals surface area contributed by atoms with Crippen molar-refractivity contribution in [3.63, 3.8) is 0 Å². The van der Waals surface area contributed by atoms with Crippen LogP contribution in [0.5, 0.6) is 5.75 Å². The molecule has 0 bridgehead atoms. The van der Waals surface area contributed by atoms with Gasteiger partial charge in [-0.15, -0.1) is 0 Å². The number of carbonyl (C=O) groups is 2. The summed E-state index contributed by atoms with van der Waals surface area (Å²) < 4.78 is 5.60. The minimum Gasteiger partial charge on any atom is -0.484 e. The van der Waals surface area contributed by atoms with Crippen molar-refractivity contribution in [2.24, 2.45) is 0 Å². The smallest absolute Gasteiger partial charge is 0.261 e. The summed E-state index contributed by atoms with van der Waals surface area (Å²) in [4.78, 5) is 26.3. The van der Waals surface area contributed by atoms with E-state index in [-0.39, 0.29) is 18.4 Å². The molecule has 1 atom stereocenters. The Balaban J connectivity index is 2.02. The summed E-state index contributed by atoms with van der Waals surface area (Å²) in [6.07, 6.45) is 0.679. The Morgan fingerprint density at radius 1 is 1.08 bits per heavy atom. The zero-order chi connectivity index (χ0) is 18.9. The normalized spacial score (nSPS) is 11.5. The highest BCUT2D eigenvalue weighted by atomic mass is 16.5. The third-order valence-electron chi connectivity index (χ3n) is 4.28. The average molecular weight is 354 g/mol. The summed E-state index contributed by atoms with van der Waals surface area (Å²) in [6.45, 7) is 4.08. The highest BCUT2D eigenvalue weighted by molar-refractivity contribution is 5.87. The van der Waals surface area contributed by atoms with Gasteiger partial charge in [0.15, 0.2) is 6.61 Å². The lowest BCUT2D eigenvalue weighted by atomic mass is 10.1. The average Bonchev–Trinajstić information content (AvgIpc) is 2.67. The molecule has 0 aliphatic rings. The number of ether oxygens (including phenoxy) is 1. The van der Waals surface area contributed by atoms with Gasteiger partial charge in [-0.05, 0) is 38.0 Å². The molecule has 1 N–H and O–H groups in total. The summed E-state index contributed by atoms with van der Waals surface area (Å²) in [7, 11) is 1.57. The summed E-state index contributed by atoms with van der Waals surface area (Å²) in [6, 6.07) is 16.9. The van der Waals surface area contributed by atoms with Crippen LogP contribution in [0.3, 0.4) is 0 Å². The van der Waals surface area contributed by atoms with Gasteiger partial charge in [0, 0.05) is 13.6 Å². The van der Waals surface area contributed by atoms with Gasteiger partial charge in [0.1, 0.15) is 11.8 Å². The van der Waals surface area contributed by atoms with E-state index in [1.165, 1.54) is 0 Å². The Morgan fingerprint density at radius 2 is 1.73 bits per heavy atom. The minimum atomic E-state index is -0.558. The van der Waals surface area contributed by atoms with Gasteiger partial charge in [-0.2, -0.15) is 0 Å². The predicted octanol–water partition coefficient (Wildman–Crippen LogP) is 2.58. The number of nitrogens with one attached hydrogen (secondary N) is 1. The molecule has 0 saturated heterocycles. The molecule has 0 unspecified atom stereocenters. The molecule has 26 heavy (non-hydrogen) atoms. The van der Waals surface area contributed by atoms with Crippen LogP contribution in [0.1, 0.15) is 18.1 Å². The van der Waals surface area contributed by atoms with Crippen molar-refractivity contribution in [2.75, 3.05) is 20.2 Å². The van der Waals surface area contributed by atoms with Gasteiger partial charge in [0.25, 0.3) is 5.91 Å². The van der Waals surface area contributed by atoms with E-state index in [1.54, 1.807) is 18.9 Å². The van der Waals surface area contributed by atoms with Gasteiger partial charge in [0.05, 0.1) is 0 Å². The fraction of sp³-hybridized carbons (Fsp3) is 0.333. The maximum absolute atomic E-state index is 12.7. The van der Waals surface area contributed by atoms with E-state index in [1.807, 2.05) is 61.5 Å². The van der Waals surface area contributed by atoms with Crippen LogP contribution in [-0.4, -0.2) is 43.0 Å². The number of benzene rings is 2. The molecule has 0 aliphatic heterocycles. The lowest BCUT2D eigenvalue weighted by Gasteiger charge is -2.28. The fourth-order valence-electron chi connectivity index (χ4n) is 2.64. The van der Waals surface area contributed by atoms with Crippen molar-refractivity contribution >= 4 is 11.8 Å². The van der Waals surface area contributed by atoms with Crippen molar-refractivity contribution in [3.05, 3.63) is 65.7 Å². The second kappa shape index (κ2) is 9.61. The van der Waals surface area contributed by atoms with E-state index < -0.39 is 6.04 Å². The maximum atomic E-state index is 12.7. The number of likely N-dealkylation sites (N-methyl/N-ethyl adjacent to an activating group) is 1. The lowest BCUT2D eigenvalue weighted by Crippen LogP contribution is -2.49. The van der Waals surface area contributed by atoms with Crippen molar-refractivity contribution in [1.29, 1.82) is 0 Å². The molecule has 2 aromatic carbocycles. The maximum Gasteiger partial charge on any atom is 0.261 e. The second-order valence-corrected chi connectivity index (χ2v) is 6.21. The molecule has 0 aromatic heterocycles. The second-order valence-electron chi connectivity index (χ2n) is 6.21. The minimum absolute atomic E-state index is 0.0980. The van der Waals surface area contributed by atoms with Crippen LogP contribution in [0.2, 0.25) is 0 Å². The van der Waals surface area contributed by atoms with Crippen LogP contribution < -0.4 is 10.1 Å². The molecule has 5 heteroatoms. The topological polar surface area (TPSA) is 58.6 Å². The predicted molar refractivity (Wildman–Crippen MR) is 102 cm³/mol.